The Morgan fingerprint density at radius 1 is 1.31 bits per heavy atom. The molecule has 2 rings (SSSR count). The fourth-order valence-electron chi connectivity index (χ4n) is 1.29. The highest BCUT2D eigenvalue weighted by molar-refractivity contribution is 9.10. The normalized spacial score (nSPS) is 10.4. The summed E-state index contributed by atoms with van der Waals surface area (Å²) in [6.45, 7) is 0. The second-order valence-electron chi connectivity index (χ2n) is 3.04. The molecule has 2 aromatic rings. The Bertz CT molecular complexity index is 648. The van der Waals surface area contributed by atoms with Crippen LogP contribution < -0.4 is 11.1 Å². The first kappa shape index (κ1) is 11.2. The number of hydrogen-bond acceptors (Lipinski definition) is 2. The van der Waals surface area contributed by atoms with Gasteiger partial charge in [0.05, 0.1) is 15.2 Å². The maximum atomic E-state index is 11.6. The van der Waals surface area contributed by atoms with Gasteiger partial charge in [0.15, 0.2) is 0 Å². The number of nitrogens with one attached hydrogen (secondary N) is 1. The first-order valence-corrected chi connectivity index (χ1v) is 5.53. The molecule has 1 N–H and O–H groups in total. The summed E-state index contributed by atoms with van der Waals surface area (Å²) in [5, 5.41) is 0.477. The third-order valence-electron chi connectivity index (χ3n) is 2.04. The topological polar surface area (TPSA) is 54.9 Å². The molecule has 0 radical (unpaired) electrons. The van der Waals surface area contributed by atoms with Crippen molar-refractivity contribution < 1.29 is 0 Å². The van der Waals surface area contributed by atoms with Crippen LogP contribution in [0.15, 0.2) is 44.7 Å². The standard InChI is InChI=1S/C10H6BrClN2O2/c11-8-6(12)2-1-3-7(8)14-5-4-13-9(15)10(14)16/h1-5H,(H,13,15). The summed E-state index contributed by atoms with van der Waals surface area (Å²) in [6, 6.07) is 5.08. The van der Waals surface area contributed by atoms with Gasteiger partial charge in [-0.15, -0.1) is 0 Å². The van der Waals surface area contributed by atoms with Crippen LogP contribution >= 0.6 is 27.5 Å². The lowest BCUT2D eigenvalue weighted by Gasteiger charge is -2.07. The summed E-state index contributed by atoms with van der Waals surface area (Å²) < 4.78 is 1.80. The molecule has 1 aromatic carbocycles. The first-order valence-electron chi connectivity index (χ1n) is 4.36. The van der Waals surface area contributed by atoms with Gasteiger partial charge in [0, 0.05) is 12.4 Å². The molecule has 0 spiro atoms. The van der Waals surface area contributed by atoms with Crippen molar-refractivity contribution in [1.29, 1.82) is 0 Å². The zero-order valence-electron chi connectivity index (χ0n) is 7.91. The van der Waals surface area contributed by atoms with Gasteiger partial charge in [0.1, 0.15) is 0 Å². The van der Waals surface area contributed by atoms with E-state index in [4.69, 9.17) is 11.6 Å². The van der Waals surface area contributed by atoms with E-state index in [1.807, 2.05) is 0 Å². The van der Waals surface area contributed by atoms with E-state index >= 15 is 0 Å². The molecule has 1 heterocycles. The van der Waals surface area contributed by atoms with Crippen LogP contribution in [0.5, 0.6) is 0 Å². The van der Waals surface area contributed by atoms with Crippen molar-refractivity contribution in [2.75, 3.05) is 0 Å². The average molecular weight is 302 g/mol. The maximum Gasteiger partial charge on any atom is 0.320 e. The highest BCUT2D eigenvalue weighted by Crippen LogP contribution is 2.27. The van der Waals surface area contributed by atoms with Crippen molar-refractivity contribution in [2.24, 2.45) is 0 Å². The van der Waals surface area contributed by atoms with Gasteiger partial charge in [-0.05, 0) is 28.1 Å². The minimum absolute atomic E-state index is 0.477. The minimum Gasteiger partial charge on any atom is -0.323 e. The molecular formula is C10H6BrClN2O2. The average Bonchev–Trinajstić information content (AvgIpc) is 2.27. The van der Waals surface area contributed by atoms with Crippen molar-refractivity contribution in [3.05, 3.63) is 60.8 Å². The van der Waals surface area contributed by atoms with E-state index in [2.05, 4.69) is 20.9 Å². The van der Waals surface area contributed by atoms with Gasteiger partial charge in [0.2, 0.25) is 0 Å². The Labute approximate surface area is 104 Å². The fraction of sp³-hybridized carbons (Fsp3) is 0. The number of benzene rings is 1. The Morgan fingerprint density at radius 2 is 2.06 bits per heavy atom. The van der Waals surface area contributed by atoms with Crippen LogP contribution in [0.25, 0.3) is 5.69 Å². The number of halogens is 2. The molecule has 0 aliphatic carbocycles. The summed E-state index contributed by atoms with van der Waals surface area (Å²) in [4.78, 5) is 25.1. The van der Waals surface area contributed by atoms with E-state index in [0.29, 0.717) is 15.2 Å². The largest absolute Gasteiger partial charge is 0.323 e. The number of nitrogens with zero attached hydrogens (tertiary/aromatic N) is 1. The van der Waals surface area contributed by atoms with Gasteiger partial charge in [-0.25, -0.2) is 0 Å². The van der Waals surface area contributed by atoms with E-state index in [-0.39, 0.29) is 0 Å². The lowest BCUT2D eigenvalue weighted by Crippen LogP contribution is -2.34. The van der Waals surface area contributed by atoms with Crippen molar-refractivity contribution in [1.82, 2.24) is 9.55 Å². The van der Waals surface area contributed by atoms with Crippen molar-refractivity contribution in [3.63, 3.8) is 0 Å². The first-order chi connectivity index (χ1) is 7.61. The molecule has 0 amide bonds. The molecule has 4 nitrogen and oxygen atoms in total. The van der Waals surface area contributed by atoms with Crippen molar-refractivity contribution in [3.8, 4) is 5.69 Å². The lowest BCUT2D eigenvalue weighted by molar-refractivity contribution is 0.923. The zero-order chi connectivity index (χ0) is 11.7. The molecule has 0 fully saturated rings. The van der Waals surface area contributed by atoms with Crippen LogP contribution in [0.1, 0.15) is 0 Å². The minimum atomic E-state index is -0.672. The van der Waals surface area contributed by atoms with E-state index in [1.165, 1.54) is 17.0 Å². The molecule has 16 heavy (non-hydrogen) atoms. The Kier molecular flexibility index (Phi) is 2.98. The van der Waals surface area contributed by atoms with Gasteiger partial charge >= 0.3 is 11.1 Å². The smallest absolute Gasteiger partial charge is 0.320 e. The molecule has 82 valence electrons. The maximum absolute atomic E-state index is 11.6. The molecular weight excluding hydrogens is 295 g/mol. The molecule has 0 aliphatic heterocycles. The van der Waals surface area contributed by atoms with Gasteiger partial charge in [-0.2, -0.15) is 0 Å². The van der Waals surface area contributed by atoms with Crippen LogP contribution in [-0.2, 0) is 0 Å². The predicted octanol–water partition coefficient (Wildman–Crippen LogP) is 1.94. The van der Waals surface area contributed by atoms with Crippen molar-refractivity contribution in [2.45, 2.75) is 0 Å². The Hall–Kier alpha value is -1.33. The highest BCUT2D eigenvalue weighted by atomic mass is 79.9. The second kappa shape index (κ2) is 4.27. The molecule has 1 aromatic heterocycles. The quantitative estimate of drug-likeness (QED) is 0.819. The highest BCUT2D eigenvalue weighted by Gasteiger charge is 2.08. The predicted molar refractivity (Wildman–Crippen MR) is 65.4 cm³/mol. The van der Waals surface area contributed by atoms with E-state index in [9.17, 15) is 9.59 Å². The summed E-state index contributed by atoms with van der Waals surface area (Å²) in [6.07, 6.45) is 2.87. The van der Waals surface area contributed by atoms with E-state index < -0.39 is 11.1 Å². The molecule has 6 heteroatoms. The van der Waals surface area contributed by atoms with Crippen molar-refractivity contribution >= 4 is 27.5 Å². The number of H-pyrrole nitrogens is 1. The van der Waals surface area contributed by atoms with Gasteiger partial charge < -0.3 is 4.98 Å². The third-order valence-corrected chi connectivity index (χ3v) is 3.42. The molecule has 0 saturated carbocycles. The summed E-state index contributed by atoms with van der Waals surface area (Å²) in [5.74, 6) is 0. The zero-order valence-corrected chi connectivity index (χ0v) is 10.2. The van der Waals surface area contributed by atoms with Gasteiger partial charge in [-0.3, -0.25) is 14.2 Å². The number of rotatable bonds is 1. The van der Waals surface area contributed by atoms with Crippen LogP contribution in [0, 0.1) is 0 Å². The van der Waals surface area contributed by atoms with Crippen LogP contribution in [-0.4, -0.2) is 9.55 Å². The van der Waals surface area contributed by atoms with Crippen LogP contribution in [0.2, 0.25) is 5.02 Å². The molecule has 0 bridgehead atoms. The SMILES string of the molecule is O=c1[nH]ccn(-c2cccc(Cl)c2Br)c1=O. The molecule has 0 unspecified atom stereocenters. The second-order valence-corrected chi connectivity index (χ2v) is 4.24. The summed E-state index contributed by atoms with van der Waals surface area (Å²) >= 11 is 9.18. The Morgan fingerprint density at radius 3 is 2.81 bits per heavy atom. The van der Waals surface area contributed by atoms with E-state index in [1.54, 1.807) is 18.2 Å². The summed E-state index contributed by atoms with van der Waals surface area (Å²) in [7, 11) is 0. The third kappa shape index (κ3) is 1.83. The van der Waals surface area contributed by atoms with E-state index in [0.717, 1.165) is 0 Å². The number of aromatic nitrogens is 2. The fourth-order valence-corrected chi connectivity index (χ4v) is 1.92. The monoisotopic (exact) mass is 300 g/mol. The van der Waals surface area contributed by atoms with Crippen LogP contribution in [0.4, 0.5) is 0 Å². The number of hydrogen-bond donors (Lipinski definition) is 1. The van der Waals surface area contributed by atoms with Gasteiger partial charge in [-0.1, -0.05) is 17.7 Å². The molecule has 0 atom stereocenters. The molecule has 0 saturated heterocycles. The Balaban J connectivity index is 2.78. The van der Waals surface area contributed by atoms with Gasteiger partial charge in [0.25, 0.3) is 0 Å². The number of aromatic amines is 1. The lowest BCUT2D eigenvalue weighted by atomic mass is 10.3. The molecule has 0 aliphatic rings. The summed E-state index contributed by atoms with van der Waals surface area (Å²) in [5.41, 5.74) is -0.788. The van der Waals surface area contributed by atoms with Crippen LogP contribution in [0.3, 0.4) is 0 Å².